The highest BCUT2D eigenvalue weighted by Crippen LogP contribution is 2.29. The van der Waals surface area contributed by atoms with E-state index in [1.165, 1.54) is 5.56 Å². The normalized spacial score (nSPS) is 19.6. The predicted molar refractivity (Wildman–Crippen MR) is 126 cm³/mol. The molecule has 1 aromatic carbocycles. The van der Waals surface area contributed by atoms with Crippen molar-refractivity contribution in [3.63, 3.8) is 0 Å². The molecule has 8 heteroatoms. The number of nitrogens with zero attached hydrogens (tertiary/aromatic N) is 5. The number of anilines is 2. The zero-order valence-electron chi connectivity index (χ0n) is 18.8. The highest BCUT2D eigenvalue weighted by molar-refractivity contribution is 5.99. The Bertz CT molecular complexity index is 1110. The maximum atomic E-state index is 5.57. The number of hydrogen-bond donors (Lipinski definition) is 1. The summed E-state index contributed by atoms with van der Waals surface area (Å²) in [6.45, 7) is 9.71. The minimum Gasteiger partial charge on any atom is -0.381 e. The van der Waals surface area contributed by atoms with Gasteiger partial charge >= 0.3 is 0 Å². The molecule has 0 unspecified atom stereocenters. The van der Waals surface area contributed by atoms with E-state index < -0.39 is 0 Å². The molecule has 1 atom stereocenters. The Kier molecular flexibility index (Phi) is 6.05. The van der Waals surface area contributed by atoms with Gasteiger partial charge in [-0.3, -0.25) is 5.43 Å². The second kappa shape index (κ2) is 9.26. The van der Waals surface area contributed by atoms with Crippen LogP contribution in [0.25, 0.3) is 11.2 Å². The van der Waals surface area contributed by atoms with Gasteiger partial charge in [0, 0.05) is 38.2 Å². The van der Waals surface area contributed by atoms with Crippen molar-refractivity contribution in [2.45, 2.75) is 26.8 Å². The van der Waals surface area contributed by atoms with Crippen molar-refractivity contribution in [2.75, 3.05) is 49.8 Å². The van der Waals surface area contributed by atoms with Crippen LogP contribution in [0.4, 0.5) is 11.5 Å². The van der Waals surface area contributed by atoms with E-state index in [0.717, 1.165) is 86.4 Å². The summed E-state index contributed by atoms with van der Waals surface area (Å²) in [7, 11) is 0. The highest BCUT2D eigenvalue weighted by Gasteiger charge is 2.22. The first-order valence-corrected chi connectivity index (χ1v) is 11.3. The third-order valence-corrected chi connectivity index (χ3v) is 6.16. The third-order valence-electron chi connectivity index (χ3n) is 6.16. The Morgan fingerprint density at radius 3 is 2.84 bits per heavy atom. The number of rotatable bonds is 6. The third kappa shape index (κ3) is 4.47. The molecule has 0 amide bonds. The van der Waals surface area contributed by atoms with Gasteiger partial charge in [0.15, 0.2) is 11.5 Å². The quantitative estimate of drug-likeness (QED) is 0.473. The number of aryl methyl sites for hydroxylation is 1. The van der Waals surface area contributed by atoms with Crippen molar-refractivity contribution in [1.82, 2.24) is 14.5 Å². The molecule has 4 heterocycles. The van der Waals surface area contributed by atoms with E-state index in [2.05, 4.69) is 57.2 Å². The molecule has 168 valence electrons. The Balaban J connectivity index is 1.48. The summed E-state index contributed by atoms with van der Waals surface area (Å²) in [5.41, 5.74) is 9.31. The van der Waals surface area contributed by atoms with Crippen molar-refractivity contribution in [1.29, 1.82) is 0 Å². The smallest absolute Gasteiger partial charge is 0.164 e. The zero-order valence-corrected chi connectivity index (χ0v) is 18.8. The van der Waals surface area contributed by atoms with E-state index in [0.29, 0.717) is 5.92 Å². The summed E-state index contributed by atoms with van der Waals surface area (Å²) in [5, 5.41) is 4.63. The fraction of sp³-hybridized carbons (Fsp3) is 0.458. The van der Waals surface area contributed by atoms with E-state index in [9.17, 15) is 0 Å². The second-order valence-corrected chi connectivity index (χ2v) is 8.60. The van der Waals surface area contributed by atoms with Gasteiger partial charge in [-0.15, -0.1) is 0 Å². The lowest BCUT2D eigenvalue weighted by Crippen LogP contribution is -2.36. The topological polar surface area (TPSA) is 76.8 Å². The molecule has 3 aromatic rings. The first kappa shape index (κ1) is 20.9. The van der Waals surface area contributed by atoms with Gasteiger partial charge in [-0.05, 0) is 25.8 Å². The average molecular weight is 435 g/mol. The van der Waals surface area contributed by atoms with E-state index in [1.54, 1.807) is 0 Å². The van der Waals surface area contributed by atoms with Gasteiger partial charge < -0.3 is 18.9 Å². The molecule has 2 aliphatic heterocycles. The van der Waals surface area contributed by atoms with Crippen LogP contribution < -0.4 is 10.3 Å². The van der Waals surface area contributed by atoms with E-state index >= 15 is 0 Å². The number of nitrogens with one attached hydrogen (secondary N) is 1. The number of ether oxygens (including phenoxy) is 2. The zero-order chi connectivity index (χ0) is 21.9. The fourth-order valence-corrected chi connectivity index (χ4v) is 4.34. The van der Waals surface area contributed by atoms with Gasteiger partial charge in [-0.2, -0.15) is 5.10 Å². The maximum Gasteiger partial charge on any atom is 0.164 e. The summed E-state index contributed by atoms with van der Waals surface area (Å²) >= 11 is 0. The number of pyridine rings is 1. The van der Waals surface area contributed by atoms with Crippen LogP contribution >= 0.6 is 0 Å². The molecule has 2 aliphatic rings. The van der Waals surface area contributed by atoms with Gasteiger partial charge in [0.2, 0.25) is 0 Å². The van der Waals surface area contributed by atoms with Crippen LogP contribution in [0.15, 0.2) is 41.8 Å². The number of hydrogen-bond acceptors (Lipinski definition) is 7. The Labute approximate surface area is 188 Å². The van der Waals surface area contributed by atoms with E-state index in [-0.39, 0.29) is 0 Å². The molecule has 0 radical (unpaired) electrons. The SMILES string of the molecule is C/C(=N\Nc1cc(N2CCOCC2)c2ncn(C[C@H]3CCOC3)c2n1)c1cccc(C)c1. The van der Waals surface area contributed by atoms with Crippen LogP contribution in [0.1, 0.15) is 24.5 Å². The van der Waals surface area contributed by atoms with Gasteiger partial charge in [-0.25, -0.2) is 9.97 Å². The number of morpholine rings is 1. The number of imidazole rings is 1. The molecule has 2 fully saturated rings. The standard InChI is InChI=1S/C24H30N6O2/c1-17-4-3-5-20(12-17)18(2)27-28-22-13-21(29-7-10-31-11-8-29)23-24(26-22)30(16-25-23)14-19-6-9-32-15-19/h3-5,12-13,16,19H,6-11,14-15H2,1-2H3,(H,26,28)/b27-18+/t19-/m1/s1. The van der Waals surface area contributed by atoms with Crippen molar-refractivity contribution < 1.29 is 9.47 Å². The van der Waals surface area contributed by atoms with Gasteiger partial charge in [0.1, 0.15) is 5.52 Å². The molecule has 1 N–H and O–H groups in total. The molecule has 0 bridgehead atoms. The molecular weight excluding hydrogens is 404 g/mol. The lowest BCUT2D eigenvalue weighted by molar-refractivity contribution is 0.123. The lowest BCUT2D eigenvalue weighted by atomic mass is 10.1. The summed E-state index contributed by atoms with van der Waals surface area (Å²) in [6, 6.07) is 10.4. The predicted octanol–water partition coefficient (Wildman–Crippen LogP) is 3.45. The highest BCUT2D eigenvalue weighted by atomic mass is 16.5. The molecule has 2 aromatic heterocycles. The van der Waals surface area contributed by atoms with Crippen molar-refractivity contribution in [3.05, 3.63) is 47.8 Å². The molecule has 8 nitrogen and oxygen atoms in total. The fourth-order valence-electron chi connectivity index (χ4n) is 4.34. The maximum absolute atomic E-state index is 5.57. The van der Waals surface area contributed by atoms with Crippen molar-refractivity contribution in [3.8, 4) is 0 Å². The number of benzene rings is 1. The van der Waals surface area contributed by atoms with Crippen LogP contribution in [-0.4, -0.2) is 59.8 Å². The van der Waals surface area contributed by atoms with Crippen LogP contribution in [0.3, 0.4) is 0 Å². The molecule has 5 rings (SSSR count). The van der Waals surface area contributed by atoms with Gasteiger partial charge in [0.05, 0.1) is 37.5 Å². The van der Waals surface area contributed by atoms with Gasteiger partial charge in [0.25, 0.3) is 0 Å². The van der Waals surface area contributed by atoms with Crippen molar-refractivity contribution >= 4 is 28.4 Å². The molecule has 0 aliphatic carbocycles. The Morgan fingerprint density at radius 1 is 1.19 bits per heavy atom. The van der Waals surface area contributed by atoms with Crippen LogP contribution in [-0.2, 0) is 16.0 Å². The summed E-state index contributed by atoms with van der Waals surface area (Å²) < 4.78 is 13.3. The molecular formula is C24H30N6O2. The Morgan fingerprint density at radius 2 is 2.06 bits per heavy atom. The minimum atomic E-state index is 0.499. The second-order valence-electron chi connectivity index (χ2n) is 8.60. The van der Waals surface area contributed by atoms with Crippen LogP contribution in [0.5, 0.6) is 0 Å². The van der Waals surface area contributed by atoms with E-state index in [1.807, 2.05) is 13.3 Å². The molecule has 32 heavy (non-hydrogen) atoms. The number of hydrazone groups is 1. The van der Waals surface area contributed by atoms with Gasteiger partial charge in [-0.1, -0.05) is 29.8 Å². The first-order valence-electron chi connectivity index (χ1n) is 11.3. The average Bonchev–Trinajstić information content (AvgIpc) is 3.48. The Hall–Kier alpha value is -2.97. The first-order chi connectivity index (χ1) is 15.7. The monoisotopic (exact) mass is 434 g/mol. The molecule has 2 saturated heterocycles. The lowest BCUT2D eigenvalue weighted by Gasteiger charge is -2.29. The van der Waals surface area contributed by atoms with Crippen LogP contribution in [0, 0.1) is 12.8 Å². The summed E-state index contributed by atoms with van der Waals surface area (Å²) in [6.07, 6.45) is 2.99. The van der Waals surface area contributed by atoms with Crippen LogP contribution in [0.2, 0.25) is 0 Å². The van der Waals surface area contributed by atoms with Crippen molar-refractivity contribution in [2.24, 2.45) is 11.0 Å². The number of fused-ring (bicyclic) bond motifs is 1. The minimum absolute atomic E-state index is 0.499. The largest absolute Gasteiger partial charge is 0.381 e. The molecule has 0 saturated carbocycles. The number of aromatic nitrogens is 3. The molecule has 0 spiro atoms. The summed E-state index contributed by atoms with van der Waals surface area (Å²) in [4.78, 5) is 12.0. The van der Waals surface area contributed by atoms with E-state index in [4.69, 9.17) is 19.4 Å². The summed E-state index contributed by atoms with van der Waals surface area (Å²) in [5.74, 6) is 1.22.